The standard InChI is InChI=1S/C12H12N2O4/c1-6-4-10(15)9(12(16)17)5-14(6)11-7(2)8(3)13-18-11/h4-5H,1-3H3,(H,16,17). The topological polar surface area (TPSA) is 85.3 Å². The summed E-state index contributed by atoms with van der Waals surface area (Å²) in [5.74, 6) is -0.838. The predicted molar refractivity (Wildman–Crippen MR) is 63.3 cm³/mol. The number of hydrogen-bond donors (Lipinski definition) is 1. The lowest BCUT2D eigenvalue weighted by Crippen LogP contribution is -2.18. The minimum Gasteiger partial charge on any atom is -0.477 e. The molecule has 2 aromatic rings. The molecule has 2 aromatic heterocycles. The molecule has 0 saturated carbocycles. The Morgan fingerprint density at radius 3 is 2.56 bits per heavy atom. The zero-order valence-electron chi connectivity index (χ0n) is 10.2. The van der Waals surface area contributed by atoms with E-state index < -0.39 is 11.4 Å². The second-order valence-corrected chi connectivity index (χ2v) is 4.07. The van der Waals surface area contributed by atoms with Gasteiger partial charge in [0.25, 0.3) is 0 Å². The van der Waals surface area contributed by atoms with Gasteiger partial charge in [-0.3, -0.25) is 9.36 Å². The molecule has 0 aliphatic heterocycles. The molecular formula is C12H12N2O4. The van der Waals surface area contributed by atoms with Gasteiger partial charge in [-0.05, 0) is 20.8 Å². The number of carboxylic acid groups (broad SMARTS) is 1. The summed E-state index contributed by atoms with van der Waals surface area (Å²) >= 11 is 0. The van der Waals surface area contributed by atoms with Crippen LogP contribution < -0.4 is 5.43 Å². The van der Waals surface area contributed by atoms with Crippen molar-refractivity contribution in [2.75, 3.05) is 0 Å². The lowest BCUT2D eigenvalue weighted by Gasteiger charge is -2.08. The molecule has 2 rings (SSSR count). The number of nitrogens with zero attached hydrogens (tertiary/aromatic N) is 2. The Balaban J connectivity index is 2.72. The average molecular weight is 248 g/mol. The van der Waals surface area contributed by atoms with Crippen molar-refractivity contribution >= 4 is 5.97 Å². The van der Waals surface area contributed by atoms with E-state index in [1.165, 1.54) is 16.8 Å². The van der Waals surface area contributed by atoms with Gasteiger partial charge in [0, 0.05) is 23.5 Å². The van der Waals surface area contributed by atoms with E-state index in [0.717, 1.165) is 11.3 Å². The van der Waals surface area contributed by atoms with Crippen LogP contribution in [0.2, 0.25) is 0 Å². The Labute approximate surface area is 102 Å². The lowest BCUT2D eigenvalue weighted by molar-refractivity contribution is 0.0694. The number of pyridine rings is 1. The van der Waals surface area contributed by atoms with Crippen molar-refractivity contribution < 1.29 is 14.4 Å². The van der Waals surface area contributed by atoms with Crippen LogP contribution in [-0.2, 0) is 0 Å². The summed E-state index contributed by atoms with van der Waals surface area (Å²) in [4.78, 5) is 22.5. The number of carboxylic acids is 1. The van der Waals surface area contributed by atoms with Gasteiger partial charge in [-0.25, -0.2) is 4.79 Å². The largest absolute Gasteiger partial charge is 0.477 e. The first-order chi connectivity index (χ1) is 8.41. The minimum absolute atomic E-state index is 0.297. The molecule has 0 aromatic carbocycles. The molecule has 0 radical (unpaired) electrons. The summed E-state index contributed by atoms with van der Waals surface area (Å²) in [6.07, 6.45) is 1.26. The number of hydrogen-bond acceptors (Lipinski definition) is 4. The maximum atomic E-state index is 11.5. The first-order valence-corrected chi connectivity index (χ1v) is 5.31. The fourth-order valence-electron chi connectivity index (χ4n) is 1.64. The molecule has 2 heterocycles. The van der Waals surface area contributed by atoms with Gasteiger partial charge < -0.3 is 9.63 Å². The van der Waals surface area contributed by atoms with Crippen molar-refractivity contribution in [2.45, 2.75) is 20.8 Å². The molecule has 0 fully saturated rings. The Kier molecular flexibility index (Phi) is 2.78. The highest BCUT2D eigenvalue weighted by Gasteiger charge is 2.16. The van der Waals surface area contributed by atoms with Crippen molar-refractivity contribution in [3.8, 4) is 5.88 Å². The molecule has 0 amide bonds. The second-order valence-electron chi connectivity index (χ2n) is 4.07. The summed E-state index contributed by atoms with van der Waals surface area (Å²) in [5.41, 5.74) is 1.29. The molecule has 0 aliphatic rings. The zero-order chi connectivity index (χ0) is 13.4. The molecule has 6 nitrogen and oxygen atoms in total. The predicted octanol–water partition coefficient (Wildman–Crippen LogP) is 1.45. The lowest BCUT2D eigenvalue weighted by atomic mass is 10.2. The maximum absolute atomic E-state index is 11.5. The van der Waals surface area contributed by atoms with Gasteiger partial charge in [0.05, 0.1) is 5.69 Å². The van der Waals surface area contributed by atoms with Gasteiger partial charge in [0.1, 0.15) is 5.56 Å². The fraction of sp³-hybridized carbons (Fsp3) is 0.250. The highest BCUT2D eigenvalue weighted by Crippen LogP contribution is 2.18. The third kappa shape index (κ3) is 1.81. The van der Waals surface area contributed by atoms with Crippen LogP contribution in [0.5, 0.6) is 0 Å². The molecule has 0 saturated heterocycles. The van der Waals surface area contributed by atoms with Gasteiger partial charge in [-0.1, -0.05) is 5.16 Å². The highest BCUT2D eigenvalue weighted by molar-refractivity contribution is 5.87. The molecule has 0 bridgehead atoms. The van der Waals surface area contributed by atoms with E-state index in [1.807, 2.05) is 6.92 Å². The molecule has 0 atom stereocenters. The Morgan fingerprint density at radius 1 is 1.39 bits per heavy atom. The number of aromatic carboxylic acids is 1. The molecule has 0 spiro atoms. The summed E-state index contributed by atoms with van der Waals surface area (Å²) in [5, 5.41) is 12.8. The first-order valence-electron chi connectivity index (χ1n) is 5.31. The molecule has 6 heteroatoms. The SMILES string of the molecule is Cc1noc(-n2cc(C(=O)O)c(=O)cc2C)c1C. The monoisotopic (exact) mass is 248 g/mol. The number of aryl methyl sites for hydroxylation is 2. The number of rotatable bonds is 2. The van der Waals surface area contributed by atoms with Crippen molar-refractivity contribution in [1.29, 1.82) is 0 Å². The van der Waals surface area contributed by atoms with Crippen LogP contribution in [0.25, 0.3) is 5.88 Å². The van der Waals surface area contributed by atoms with Crippen LogP contribution in [0.1, 0.15) is 27.3 Å². The van der Waals surface area contributed by atoms with Gasteiger partial charge in [0.15, 0.2) is 5.43 Å². The van der Waals surface area contributed by atoms with E-state index >= 15 is 0 Å². The van der Waals surface area contributed by atoms with Crippen molar-refractivity contribution in [3.05, 3.63) is 45.0 Å². The zero-order valence-corrected chi connectivity index (χ0v) is 10.2. The van der Waals surface area contributed by atoms with Crippen LogP contribution in [0.4, 0.5) is 0 Å². The Bertz CT molecular complexity index is 682. The minimum atomic E-state index is -1.26. The third-order valence-electron chi connectivity index (χ3n) is 2.83. The van der Waals surface area contributed by atoms with Crippen molar-refractivity contribution in [2.24, 2.45) is 0 Å². The normalized spacial score (nSPS) is 10.6. The summed E-state index contributed by atoms with van der Waals surface area (Å²) < 4.78 is 6.67. The van der Waals surface area contributed by atoms with E-state index in [-0.39, 0.29) is 5.56 Å². The van der Waals surface area contributed by atoms with Gasteiger partial charge in [-0.2, -0.15) is 0 Å². The van der Waals surface area contributed by atoms with Gasteiger partial charge in [0.2, 0.25) is 5.88 Å². The summed E-state index contributed by atoms with van der Waals surface area (Å²) in [6.45, 7) is 5.31. The Morgan fingerprint density at radius 2 is 2.06 bits per heavy atom. The molecule has 0 aliphatic carbocycles. The number of carbonyl (C=O) groups is 1. The van der Waals surface area contributed by atoms with Crippen molar-refractivity contribution in [3.63, 3.8) is 0 Å². The van der Waals surface area contributed by atoms with Crippen LogP contribution in [-0.4, -0.2) is 20.8 Å². The van der Waals surface area contributed by atoms with Crippen LogP contribution in [0.15, 0.2) is 21.6 Å². The van der Waals surface area contributed by atoms with E-state index in [2.05, 4.69) is 5.16 Å². The molecular weight excluding hydrogens is 236 g/mol. The van der Waals surface area contributed by atoms with Crippen LogP contribution >= 0.6 is 0 Å². The number of aromatic nitrogens is 2. The van der Waals surface area contributed by atoms with Gasteiger partial charge >= 0.3 is 5.97 Å². The summed E-state index contributed by atoms with van der Waals surface area (Å²) in [6, 6.07) is 1.26. The first kappa shape index (κ1) is 12.1. The summed E-state index contributed by atoms with van der Waals surface area (Å²) in [7, 11) is 0. The fourth-order valence-corrected chi connectivity index (χ4v) is 1.64. The second kappa shape index (κ2) is 4.14. The highest BCUT2D eigenvalue weighted by atomic mass is 16.5. The average Bonchev–Trinajstić information content (AvgIpc) is 2.60. The smallest absolute Gasteiger partial charge is 0.341 e. The molecule has 94 valence electrons. The van der Waals surface area contributed by atoms with E-state index in [9.17, 15) is 9.59 Å². The van der Waals surface area contributed by atoms with E-state index in [1.54, 1.807) is 13.8 Å². The quantitative estimate of drug-likeness (QED) is 0.869. The van der Waals surface area contributed by atoms with E-state index in [0.29, 0.717) is 11.6 Å². The maximum Gasteiger partial charge on any atom is 0.341 e. The van der Waals surface area contributed by atoms with Crippen LogP contribution in [0.3, 0.4) is 0 Å². The Hall–Kier alpha value is -2.37. The molecule has 0 unspecified atom stereocenters. The van der Waals surface area contributed by atoms with Gasteiger partial charge in [-0.15, -0.1) is 0 Å². The van der Waals surface area contributed by atoms with Crippen molar-refractivity contribution in [1.82, 2.24) is 9.72 Å². The van der Waals surface area contributed by atoms with Crippen LogP contribution in [0, 0.1) is 20.8 Å². The molecule has 1 N–H and O–H groups in total. The third-order valence-corrected chi connectivity index (χ3v) is 2.83. The molecule has 18 heavy (non-hydrogen) atoms. The van der Waals surface area contributed by atoms with E-state index in [4.69, 9.17) is 9.63 Å².